The summed E-state index contributed by atoms with van der Waals surface area (Å²) in [5, 5.41) is 8.25. The third-order valence-electron chi connectivity index (χ3n) is 4.24. The van der Waals surface area contributed by atoms with Crippen LogP contribution in [0.3, 0.4) is 0 Å². The largest absolute Gasteiger partial charge is 0.497 e. The van der Waals surface area contributed by atoms with Crippen molar-refractivity contribution in [1.29, 1.82) is 0 Å². The second-order valence-corrected chi connectivity index (χ2v) is 6.69. The van der Waals surface area contributed by atoms with Gasteiger partial charge in [-0.3, -0.25) is 14.5 Å². The number of nitrogens with zero attached hydrogens (tertiary/aromatic N) is 3. The average molecular weight is 397 g/mol. The van der Waals surface area contributed by atoms with Crippen molar-refractivity contribution in [2.24, 2.45) is 0 Å². The number of hydrogen-bond donors (Lipinski definition) is 0. The highest BCUT2D eigenvalue weighted by atomic mass is 32.2. The van der Waals surface area contributed by atoms with Gasteiger partial charge in [0.05, 0.1) is 36.8 Å². The summed E-state index contributed by atoms with van der Waals surface area (Å²) in [5.41, 5.74) is 1.42. The minimum Gasteiger partial charge on any atom is -0.497 e. The smallest absolute Gasteiger partial charge is 0.278 e. The van der Waals surface area contributed by atoms with Crippen molar-refractivity contribution in [2.45, 2.75) is 5.22 Å². The summed E-state index contributed by atoms with van der Waals surface area (Å²) < 4.78 is 16.2. The molecule has 2 aromatic carbocycles. The highest BCUT2D eigenvalue weighted by molar-refractivity contribution is 7.99. The molecule has 0 saturated carbocycles. The van der Waals surface area contributed by atoms with E-state index >= 15 is 0 Å². The highest BCUT2D eigenvalue weighted by Crippen LogP contribution is 2.34. The minimum atomic E-state index is -0.329. The van der Waals surface area contributed by atoms with E-state index in [0.717, 1.165) is 16.7 Å². The standard InChI is InChI=1S/C19H15N3O5S/c1-25-11-7-8-14(15(9-11)26-2)16-20-21-19(27-16)28-10-22-17(23)12-5-3-4-6-13(12)18(22)24/h3-9H,10H2,1-2H3. The fraction of sp³-hybridized carbons (Fsp3) is 0.158. The quantitative estimate of drug-likeness (QED) is 0.463. The molecule has 9 heteroatoms. The van der Waals surface area contributed by atoms with Crippen LogP contribution in [0.2, 0.25) is 0 Å². The Bertz CT molecular complexity index is 1030. The van der Waals surface area contributed by atoms with Crippen LogP contribution in [0.4, 0.5) is 0 Å². The Morgan fingerprint density at radius 2 is 1.68 bits per heavy atom. The van der Waals surface area contributed by atoms with Gasteiger partial charge < -0.3 is 13.9 Å². The van der Waals surface area contributed by atoms with Gasteiger partial charge in [-0.15, -0.1) is 10.2 Å². The number of carbonyl (C=O) groups is 2. The van der Waals surface area contributed by atoms with Crippen LogP contribution in [0, 0.1) is 0 Å². The summed E-state index contributed by atoms with van der Waals surface area (Å²) in [4.78, 5) is 26.0. The number of ether oxygens (including phenoxy) is 2. The van der Waals surface area contributed by atoms with Crippen molar-refractivity contribution in [3.05, 3.63) is 53.6 Å². The second kappa shape index (κ2) is 7.35. The third-order valence-corrected chi connectivity index (χ3v) is 5.04. The Hall–Kier alpha value is -3.33. The van der Waals surface area contributed by atoms with E-state index in [2.05, 4.69) is 10.2 Å². The molecule has 28 heavy (non-hydrogen) atoms. The third kappa shape index (κ3) is 3.09. The summed E-state index contributed by atoms with van der Waals surface area (Å²) in [6.45, 7) is 0. The molecule has 0 aliphatic carbocycles. The molecule has 0 saturated heterocycles. The Morgan fingerprint density at radius 3 is 2.32 bits per heavy atom. The predicted octanol–water partition coefficient (Wildman–Crippen LogP) is 3.10. The molecule has 0 unspecified atom stereocenters. The summed E-state index contributed by atoms with van der Waals surface area (Å²) in [5.74, 6) is 0.854. The average Bonchev–Trinajstić information content (AvgIpc) is 3.30. The van der Waals surface area contributed by atoms with Gasteiger partial charge in [-0.05, 0) is 36.0 Å². The van der Waals surface area contributed by atoms with E-state index < -0.39 is 0 Å². The number of amides is 2. The topological polar surface area (TPSA) is 94.8 Å². The molecule has 0 atom stereocenters. The lowest BCUT2D eigenvalue weighted by Crippen LogP contribution is -2.29. The first-order chi connectivity index (χ1) is 13.6. The van der Waals surface area contributed by atoms with E-state index in [1.54, 1.807) is 49.6 Å². The van der Waals surface area contributed by atoms with Crippen LogP contribution in [0.1, 0.15) is 20.7 Å². The molecule has 0 fully saturated rings. The lowest BCUT2D eigenvalue weighted by molar-refractivity contribution is 0.0684. The Morgan fingerprint density at radius 1 is 0.964 bits per heavy atom. The zero-order chi connectivity index (χ0) is 19.7. The number of imide groups is 1. The molecule has 1 aromatic heterocycles. The molecular weight excluding hydrogens is 382 g/mol. The van der Waals surface area contributed by atoms with Crippen LogP contribution in [0.5, 0.6) is 11.5 Å². The maximum absolute atomic E-state index is 12.4. The Balaban J connectivity index is 1.50. The van der Waals surface area contributed by atoms with Crippen LogP contribution in [-0.4, -0.2) is 47.0 Å². The number of thioether (sulfide) groups is 1. The summed E-state index contributed by atoms with van der Waals surface area (Å²) >= 11 is 1.11. The van der Waals surface area contributed by atoms with E-state index in [1.165, 1.54) is 7.11 Å². The number of rotatable bonds is 6. The van der Waals surface area contributed by atoms with E-state index in [0.29, 0.717) is 28.2 Å². The number of carbonyl (C=O) groups excluding carboxylic acids is 2. The summed E-state index contributed by atoms with van der Waals surface area (Å²) in [6, 6.07) is 12.0. The molecule has 0 radical (unpaired) electrons. The van der Waals surface area contributed by atoms with Gasteiger partial charge in [0.15, 0.2) is 0 Å². The van der Waals surface area contributed by atoms with Crippen molar-refractivity contribution >= 4 is 23.6 Å². The van der Waals surface area contributed by atoms with Crippen LogP contribution in [-0.2, 0) is 0 Å². The lowest BCUT2D eigenvalue weighted by atomic mass is 10.1. The van der Waals surface area contributed by atoms with Crippen LogP contribution in [0.15, 0.2) is 52.1 Å². The minimum absolute atomic E-state index is 0.0771. The van der Waals surface area contributed by atoms with Gasteiger partial charge >= 0.3 is 0 Å². The van der Waals surface area contributed by atoms with Gasteiger partial charge in [0.2, 0.25) is 0 Å². The van der Waals surface area contributed by atoms with Crippen molar-refractivity contribution in [1.82, 2.24) is 15.1 Å². The molecule has 0 bridgehead atoms. The van der Waals surface area contributed by atoms with Crippen molar-refractivity contribution in [2.75, 3.05) is 20.1 Å². The molecule has 0 N–H and O–H groups in total. The molecule has 2 amide bonds. The number of hydrogen-bond acceptors (Lipinski definition) is 8. The maximum Gasteiger partial charge on any atom is 0.278 e. The predicted molar refractivity (Wildman–Crippen MR) is 101 cm³/mol. The summed E-state index contributed by atoms with van der Waals surface area (Å²) in [6.07, 6.45) is 0. The molecule has 1 aliphatic heterocycles. The maximum atomic E-state index is 12.4. The lowest BCUT2D eigenvalue weighted by Gasteiger charge is -2.11. The molecule has 142 valence electrons. The zero-order valence-electron chi connectivity index (χ0n) is 15.0. The molecular formula is C19H15N3O5S. The molecule has 4 rings (SSSR count). The first-order valence-corrected chi connectivity index (χ1v) is 9.25. The Kier molecular flexibility index (Phi) is 4.74. The first kappa shape index (κ1) is 18.1. The molecule has 3 aromatic rings. The fourth-order valence-electron chi connectivity index (χ4n) is 2.83. The molecule has 2 heterocycles. The number of benzene rings is 2. The molecule has 0 spiro atoms. The number of methoxy groups -OCH3 is 2. The van der Waals surface area contributed by atoms with E-state index in [4.69, 9.17) is 13.9 Å². The van der Waals surface area contributed by atoms with Gasteiger partial charge in [-0.1, -0.05) is 12.1 Å². The second-order valence-electron chi connectivity index (χ2n) is 5.80. The SMILES string of the molecule is COc1ccc(-c2nnc(SCN3C(=O)c4ccccc4C3=O)o2)c(OC)c1. The Labute approximate surface area is 164 Å². The van der Waals surface area contributed by atoms with Crippen LogP contribution < -0.4 is 9.47 Å². The van der Waals surface area contributed by atoms with Gasteiger partial charge in [0, 0.05) is 6.07 Å². The first-order valence-electron chi connectivity index (χ1n) is 8.26. The molecule has 8 nitrogen and oxygen atoms in total. The van der Waals surface area contributed by atoms with Crippen molar-refractivity contribution in [3.63, 3.8) is 0 Å². The van der Waals surface area contributed by atoms with Crippen molar-refractivity contribution < 1.29 is 23.5 Å². The van der Waals surface area contributed by atoms with Gasteiger partial charge in [0.1, 0.15) is 11.5 Å². The van der Waals surface area contributed by atoms with Crippen molar-refractivity contribution in [3.8, 4) is 23.0 Å². The van der Waals surface area contributed by atoms with Gasteiger partial charge in [-0.25, -0.2) is 0 Å². The normalized spacial score (nSPS) is 13.0. The van der Waals surface area contributed by atoms with E-state index in [-0.39, 0.29) is 28.8 Å². The monoisotopic (exact) mass is 397 g/mol. The summed E-state index contributed by atoms with van der Waals surface area (Å²) in [7, 11) is 3.10. The zero-order valence-corrected chi connectivity index (χ0v) is 15.9. The van der Waals surface area contributed by atoms with E-state index in [9.17, 15) is 9.59 Å². The van der Waals surface area contributed by atoms with Crippen LogP contribution in [0.25, 0.3) is 11.5 Å². The molecule has 1 aliphatic rings. The van der Waals surface area contributed by atoms with Crippen LogP contribution >= 0.6 is 11.8 Å². The van der Waals surface area contributed by atoms with Gasteiger partial charge in [0.25, 0.3) is 22.9 Å². The fourth-order valence-corrected chi connectivity index (χ4v) is 3.54. The van der Waals surface area contributed by atoms with Gasteiger partial charge in [-0.2, -0.15) is 0 Å². The number of fused-ring (bicyclic) bond motifs is 1. The number of aromatic nitrogens is 2. The highest BCUT2D eigenvalue weighted by Gasteiger charge is 2.35. The van der Waals surface area contributed by atoms with E-state index in [1.807, 2.05) is 0 Å².